The van der Waals surface area contributed by atoms with Gasteiger partial charge >= 0.3 is 6.03 Å². The summed E-state index contributed by atoms with van der Waals surface area (Å²) in [5.41, 5.74) is 1.27. The molecule has 3 aliphatic heterocycles. The van der Waals surface area contributed by atoms with Crippen LogP contribution in [0.1, 0.15) is 32.1 Å². The summed E-state index contributed by atoms with van der Waals surface area (Å²) in [7, 11) is 0. The van der Waals surface area contributed by atoms with Crippen LogP contribution in [0.3, 0.4) is 0 Å². The number of hydrogen-bond acceptors (Lipinski definition) is 4. The Kier molecular flexibility index (Phi) is 7.82. The highest BCUT2D eigenvalue weighted by molar-refractivity contribution is 9.10. The van der Waals surface area contributed by atoms with E-state index < -0.39 is 0 Å². The number of carbonyl (C=O) groups excluding carboxylic acids is 2. The number of urea groups is 1. The van der Waals surface area contributed by atoms with Gasteiger partial charge in [-0.2, -0.15) is 0 Å². The molecule has 0 radical (unpaired) electrons. The molecule has 1 atom stereocenters. The highest BCUT2D eigenvalue weighted by atomic mass is 79.9. The van der Waals surface area contributed by atoms with Gasteiger partial charge in [0.15, 0.2) is 0 Å². The summed E-state index contributed by atoms with van der Waals surface area (Å²) < 4.78 is 1.12. The third-order valence-electron chi connectivity index (χ3n) is 6.18. The molecule has 1 aromatic carbocycles. The van der Waals surface area contributed by atoms with E-state index >= 15 is 0 Å². The zero-order valence-electron chi connectivity index (χ0n) is 16.8. The molecule has 29 heavy (non-hydrogen) atoms. The van der Waals surface area contributed by atoms with Crippen molar-refractivity contribution in [3.8, 4) is 0 Å². The number of piperazine rings is 1. The molecule has 0 N–H and O–H groups in total. The molecule has 0 aliphatic carbocycles. The zero-order valence-corrected chi connectivity index (χ0v) is 19.2. The summed E-state index contributed by atoms with van der Waals surface area (Å²) in [5, 5.41) is 0. The van der Waals surface area contributed by atoms with Crippen LogP contribution in [-0.4, -0.2) is 78.5 Å². The molecule has 3 amide bonds. The van der Waals surface area contributed by atoms with Crippen molar-refractivity contribution in [2.75, 3.05) is 50.7 Å². The van der Waals surface area contributed by atoms with E-state index in [-0.39, 0.29) is 30.4 Å². The Labute approximate surface area is 187 Å². The first-order valence-electron chi connectivity index (χ1n) is 10.5. The average molecular weight is 486 g/mol. The average Bonchev–Trinajstić information content (AvgIpc) is 2.96. The Morgan fingerprint density at radius 2 is 1.72 bits per heavy atom. The van der Waals surface area contributed by atoms with Gasteiger partial charge in [0.25, 0.3) is 5.91 Å². The molecule has 3 aliphatic rings. The first-order valence-corrected chi connectivity index (χ1v) is 11.3. The summed E-state index contributed by atoms with van der Waals surface area (Å²) in [6.45, 7) is 6.55. The van der Waals surface area contributed by atoms with Crippen LogP contribution in [0.15, 0.2) is 28.7 Å². The Hall–Kier alpha value is -1.31. The molecule has 0 spiro atoms. The summed E-state index contributed by atoms with van der Waals surface area (Å²) >= 11 is 3.55. The number of rotatable bonds is 6. The maximum Gasteiger partial charge on any atom is 0.327 e. The molecule has 6 nitrogen and oxygen atoms in total. The van der Waals surface area contributed by atoms with Crippen molar-refractivity contribution in [1.29, 1.82) is 0 Å². The summed E-state index contributed by atoms with van der Waals surface area (Å²) in [5.74, 6) is 0.0346. The molecule has 3 saturated heterocycles. The molecule has 1 unspecified atom stereocenters. The van der Waals surface area contributed by atoms with Crippen LogP contribution < -0.4 is 4.90 Å². The quantitative estimate of drug-likeness (QED) is 0.456. The predicted octanol–water partition coefficient (Wildman–Crippen LogP) is 3.59. The Balaban J connectivity index is 0.00000240. The van der Waals surface area contributed by atoms with Crippen LogP contribution in [0.2, 0.25) is 0 Å². The van der Waals surface area contributed by atoms with Gasteiger partial charge in [-0.1, -0.05) is 22.0 Å². The number of amides is 3. The van der Waals surface area contributed by atoms with E-state index in [1.165, 1.54) is 10.6 Å². The van der Waals surface area contributed by atoms with Crippen molar-refractivity contribution >= 4 is 46.0 Å². The van der Waals surface area contributed by atoms with E-state index in [1.54, 1.807) is 4.90 Å². The Morgan fingerprint density at radius 1 is 0.966 bits per heavy atom. The number of fused-ring (bicyclic) bond motifs is 1. The first kappa shape index (κ1) is 22.4. The number of hydrogen-bond donors (Lipinski definition) is 0. The molecule has 1 aromatic rings. The van der Waals surface area contributed by atoms with Crippen molar-refractivity contribution in [2.45, 2.75) is 38.1 Å². The van der Waals surface area contributed by atoms with Crippen LogP contribution in [-0.2, 0) is 4.79 Å². The highest BCUT2D eigenvalue weighted by Crippen LogP contribution is 2.27. The molecule has 3 heterocycles. The SMILES string of the molecule is Cl.O=C1C2CCCCN2C(=O)N1CCCCN1CCN(c2cccc(Br)c2)CC1. The van der Waals surface area contributed by atoms with Gasteiger partial charge in [0, 0.05) is 49.4 Å². The van der Waals surface area contributed by atoms with E-state index in [2.05, 4.69) is 50.0 Å². The molecule has 8 heteroatoms. The summed E-state index contributed by atoms with van der Waals surface area (Å²) in [4.78, 5) is 33.1. The van der Waals surface area contributed by atoms with E-state index in [1.807, 2.05) is 0 Å². The molecule has 3 fully saturated rings. The monoisotopic (exact) mass is 484 g/mol. The summed E-state index contributed by atoms with van der Waals surface area (Å²) in [6.07, 6.45) is 4.83. The molecule has 0 saturated carbocycles. The highest BCUT2D eigenvalue weighted by Gasteiger charge is 2.45. The molecular weight excluding hydrogens is 456 g/mol. The summed E-state index contributed by atoms with van der Waals surface area (Å²) in [6, 6.07) is 8.25. The van der Waals surface area contributed by atoms with Crippen molar-refractivity contribution in [3.63, 3.8) is 0 Å². The molecule has 4 rings (SSSR count). The normalized spacial score (nSPS) is 22.7. The van der Waals surface area contributed by atoms with Gasteiger partial charge in [-0.15, -0.1) is 12.4 Å². The number of nitrogens with zero attached hydrogens (tertiary/aromatic N) is 4. The second-order valence-corrected chi connectivity index (χ2v) is 8.91. The maximum atomic E-state index is 12.5. The lowest BCUT2D eigenvalue weighted by molar-refractivity contribution is -0.128. The van der Waals surface area contributed by atoms with E-state index in [9.17, 15) is 9.59 Å². The van der Waals surface area contributed by atoms with Gasteiger partial charge in [0.1, 0.15) is 6.04 Å². The number of halogens is 2. The second kappa shape index (κ2) is 10.1. The Morgan fingerprint density at radius 3 is 2.45 bits per heavy atom. The third kappa shape index (κ3) is 5.06. The van der Waals surface area contributed by atoms with Crippen LogP contribution in [0.4, 0.5) is 10.5 Å². The molecule has 0 aromatic heterocycles. The van der Waals surface area contributed by atoms with Gasteiger partial charge < -0.3 is 9.80 Å². The number of benzene rings is 1. The molecular formula is C21H30BrClN4O2. The number of imide groups is 1. The topological polar surface area (TPSA) is 47.1 Å². The van der Waals surface area contributed by atoms with Crippen LogP contribution in [0.5, 0.6) is 0 Å². The van der Waals surface area contributed by atoms with E-state index in [0.717, 1.165) is 75.8 Å². The molecule has 0 bridgehead atoms. The minimum absolute atomic E-state index is 0. The fourth-order valence-corrected chi connectivity index (χ4v) is 4.95. The Bertz CT molecular complexity index is 702. The minimum Gasteiger partial charge on any atom is -0.369 e. The van der Waals surface area contributed by atoms with Crippen molar-refractivity contribution < 1.29 is 9.59 Å². The fraction of sp³-hybridized carbons (Fsp3) is 0.619. The predicted molar refractivity (Wildman–Crippen MR) is 121 cm³/mol. The van der Waals surface area contributed by atoms with Crippen molar-refractivity contribution in [3.05, 3.63) is 28.7 Å². The van der Waals surface area contributed by atoms with Crippen LogP contribution in [0.25, 0.3) is 0 Å². The van der Waals surface area contributed by atoms with Gasteiger partial charge in [0.2, 0.25) is 0 Å². The van der Waals surface area contributed by atoms with Crippen LogP contribution >= 0.6 is 28.3 Å². The van der Waals surface area contributed by atoms with Gasteiger partial charge in [-0.25, -0.2) is 4.79 Å². The number of carbonyl (C=O) groups is 2. The fourth-order valence-electron chi connectivity index (χ4n) is 4.56. The zero-order chi connectivity index (χ0) is 19.5. The van der Waals surface area contributed by atoms with E-state index in [0.29, 0.717) is 6.54 Å². The van der Waals surface area contributed by atoms with Gasteiger partial charge in [0.05, 0.1) is 0 Å². The lowest BCUT2D eigenvalue weighted by Crippen LogP contribution is -2.46. The first-order chi connectivity index (χ1) is 13.6. The second-order valence-electron chi connectivity index (χ2n) is 7.99. The lowest BCUT2D eigenvalue weighted by Gasteiger charge is -2.36. The largest absolute Gasteiger partial charge is 0.369 e. The lowest BCUT2D eigenvalue weighted by atomic mass is 10.0. The standard InChI is InChI=1S/C21H29BrN4O2.ClH/c22-17-6-5-7-18(16-17)24-14-12-23(13-15-24)9-3-4-11-26-20(27)19-8-1-2-10-25(19)21(26)28;/h5-7,16,19H,1-4,8-15H2;1H. The number of piperidine rings is 1. The number of anilines is 1. The number of unbranched alkanes of at least 4 members (excludes halogenated alkanes) is 1. The minimum atomic E-state index is -0.174. The molecule has 160 valence electrons. The van der Waals surface area contributed by atoms with Crippen molar-refractivity contribution in [2.24, 2.45) is 0 Å². The van der Waals surface area contributed by atoms with E-state index in [4.69, 9.17) is 0 Å². The van der Waals surface area contributed by atoms with Crippen molar-refractivity contribution in [1.82, 2.24) is 14.7 Å². The third-order valence-corrected chi connectivity index (χ3v) is 6.68. The van der Waals surface area contributed by atoms with Gasteiger partial charge in [-0.3, -0.25) is 14.6 Å². The maximum absolute atomic E-state index is 12.5. The smallest absolute Gasteiger partial charge is 0.327 e. The van der Waals surface area contributed by atoms with Crippen LogP contribution in [0, 0.1) is 0 Å². The van der Waals surface area contributed by atoms with Gasteiger partial charge in [-0.05, 0) is 56.8 Å².